The van der Waals surface area contributed by atoms with Crippen molar-refractivity contribution in [3.8, 4) is 0 Å². The second kappa shape index (κ2) is 8.95. The molecule has 0 bridgehead atoms. The van der Waals surface area contributed by atoms with Crippen molar-refractivity contribution in [2.45, 2.75) is 51.7 Å². The molecule has 2 heterocycles. The van der Waals surface area contributed by atoms with Gasteiger partial charge in [0.05, 0.1) is 16.8 Å². The molecular weight excluding hydrogens is 360 g/mol. The number of rotatable bonds is 8. The number of piperidine rings is 1. The molecule has 146 valence electrons. The third kappa shape index (κ3) is 4.75. The number of carbonyl (C=O) groups is 1. The van der Waals surface area contributed by atoms with Crippen molar-refractivity contribution >= 4 is 17.3 Å². The highest BCUT2D eigenvalue weighted by atomic mass is 32.1. The molecule has 0 aliphatic carbocycles. The normalized spacial score (nSPS) is 23.4. The average molecular weight is 389 g/mol. The van der Waals surface area contributed by atoms with Crippen molar-refractivity contribution in [1.82, 2.24) is 9.88 Å². The van der Waals surface area contributed by atoms with Crippen molar-refractivity contribution in [3.05, 3.63) is 52.0 Å². The molecular formula is C21H28N2O3S. The lowest BCUT2D eigenvalue weighted by molar-refractivity contribution is -0.164. The van der Waals surface area contributed by atoms with Gasteiger partial charge < -0.3 is 10.2 Å². The fraction of sp³-hybridized carbons (Fsp3) is 0.524. The van der Waals surface area contributed by atoms with Crippen LogP contribution in [-0.4, -0.2) is 45.3 Å². The Hall–Kier alpha value is -1.76. The molecule has 3 rings (SSSR count). The van der Waals surface area contributed by atoms with E-state index in [1.54, 1.807) is 11.3 Å². The van der Waals surface area contributed by atoms with E-state index in [2.05, 4.69) is 34.3 Å². The Morgan fingerprint density at radius 1 is 1.37 bits per heavy atom. The Balaban J connectivity index is 1.66. The van der Waals surface area contributed by atoms with Crippen LogP contribution in [0.25, 0.3) is 0 Å². The van der Waals surface area contributed by atoms with Crippen LogP contribution < -0.4 is 0 Å². The average Bonchev–Trinajstić information content (AvgIpc) is 3.12. The molecule has 2 aromatic rings. The van der Waals surface area contributed by atoms with Gasteiger partial charge in [0.1, 0.15) is 5.41 Å². The van der Waals surface area contributed by atoms with Crippen molar-refractivity contribution < 1.29 is 15.0 Å². The third-order valence-electron chi connectivity index (χ3n) is 5.51. The van der Waals surface area contributed by atoms with Crippen LogP contribution in [0.15, 0.2) is 35.7 Å². The summed E-state index contributed by atoms with van der Waals surface area (Å²) in [5, 5.41) is 23.7. The predicted molar refractivity (Wildman–Crippen MR) is 107 cm³/mol. The zero-order valence-electron chi connectivity index (χ0n) is 15.8. The number of thiazole rings is 1. The third-order valence-corrected chi connectivity index (χ3v) is 6.55. The number of likely N-dealkylation sites (tertiary alicyclic amines) is 1. The second-order valence-electron chi connectivity index (χ2n) is 7.40. The van der Waals surface area contributed by atoms with Gasteiger partial charge in [0.2, 0.25) is 0 Å². The molecule has 6 heteroatoms. The van der Waals surface area contributed by atoms with E-state index in [-0.39, 0.29) is 0 Å². The number of carboxylic acid groups (broad SMARTS) is 1. The molecule has 1 aromatic heterocycles. The summed E-state index contributed by atoms with van der Waals surface area (Å²) in [5.41, 5.74) is 1.10. The first-order chi connectivity index (χ1) is 13.0. The maximum absolute atomic E-state index is 12.2. The largest absolute Gasteiger partial charge is 0.481 e. The van der Waals surface area contributed by atoms with Gasteiger partial charge in [-0.3, -0.25) is 9.69 Å². The molecule has 0 saturated carbocycles. The summed E-state index contributed by atoms with van der Waals surface area (Å²) in [6.45, 7) is 3.81. The minimum Gasteiger partial charge on any atom is -0.481 e. The van der Waals surface area contributed by atoms with Gasteiger partial charge in [0.15, 0.2) is 0 Å². The Labute approximate surface area is 164 Å². The summed E-state index contributed by atoms with van der Waals surface area (Å²) in [6.07, 6.45) is 2.66. The van der Waals surface area contributed by atoms with Crippen molar-refractivity contribution in [2.75, 3.05) is 13.1 Å². The van der Waals surface area contributed by atoms with Crippen LogP contribution in [0.2, 0.25) is 0 Å². The number of nitrogens with zero attached hydrogens (tertiary/aromatic N) is 2. The first kappa shape index (κ1) is 20.0. The Kier molecular flexibility index (Phi) is 6.63. The molecule has 5 nitrogen and oxygen atoms in total. The molecule has 1 aliphatic heterocycles. The van der Waals surface area contributed by atoms with Gasteiger partial charge in [-0.05, 0) is 37.7 Å². The fourth-order valence-corrected chi connectivity index (χ4v) is 4.66. The van der Waals surface area contributed by atoms with Crippen molar-refractivity contribution in [3.63, 3.8) is 0 Å². The maximum Gasteiger partial charge on any atom is 0.313 e. The number of hydrogen-bond acceptors (Lipinski definition) is 5. The summed E-state index contributed by atoms with van der Waals surface area (Å²) >= 11 is 1.65. The molecule has 27 heavy (non-hydrogen) atoms. The van der Waals surface area contributed by atoms with Crippen LogP contribution in [-0.2, 0) is 24.2 Å². The Morgan fingerprint density at radius 3 is 2.81 bits per heavy atom. The second-order valence-corrected chi connectivity index (χ2v) is 8.34. The summed E-state index contributed by atoms with van der Waals surface area (Å²) < 4.78 is 0. The van der Waals surface area contributed by atoms with Gasteiger partial charge in [0.25, 0.3) is 0 Å². The van der Waals surface area contributed by atoms with Gasteiger partial charge in [-0.15, -0.1) is 11.3 Å². The van der Waals surface area contributed by atoms with E-state index in [0.717, 1.165) is 30.0 Å². The van der Waals surface area contributed by atoms with Gasteiger partial charge in [-0.1, -0.05) is 37.3 Å². The smallest absolute Gasteiger partial charge is 0.313 e. The lowest BCUT2D eigenvalue weighted by atomic mass is 9.73. The van der Waals surface area contributed by atoms with Crippen molar-refractivity contribution in [2.24, 2.45) is 5.41 Å². The Bertz CT molecular complexity index is 749. The number of aryl methyl sites for hydroxylation is 2. The van der Waals surface area contributed by atoms with Crippen molar-refractivity contribution in [1.29, 1.82) is 0 Å². The standard InChI is InChI=1S/C21H28N2O3S/c1-2-19-22-17(14-27-19)13-23-12-10-18(24)21(15-23,20(25)26)11-6-9-16-7-4-3-5-8-16/h3-5,7-8,14,18,24H,2,6,9-13,15H2,1H3,(H,25,26)/t18-,21-/m1/s1. The fourth-order valence-electron chi connectivity index (χ4n) is 3.93. The zero-order valence-corrected chi connectivity index (χ0v) is 16.6. The molecule has 0 amide bonds. The topological polar surface area (TPSA) is 73.7 Å². The highest BCUT2D eigenvalue weighted by molar-refractivity contribution is 7.09. The van der Waals surface area contributed by atoms with Crippen LogP contribution in [0.4, 0.5) is 0 Å². The molecule has 0 radical (unpaired) electrons. The number of hydrogen-bond donors (Lipinski definition) is 2. The number of aliphatic carboxylic acids is 1. The number of carboxylic acids is 1. The lowest BCUT2D eigenvalue weighted by Crippen LogP contribution is -2.55. The Morgan fingerprint density at radius 2 is 2.15 bits per heavy atom. The lowest BCUT2D eigenvalue weighted by Gasteiger charge is -2.43. The molecule has 1 saturated heterocycles. The van der Waals surface area contributed by atoms with Crippen LogP contribution >= 0.6 is 11.3 Å². The van der Waals surface area contributed by atoms with E-state index >= 15 is 0 Å². The SMILES string of the molecule is CCc1nc(CN2CC[C@@H](O)[C@](CCCc3ccccc3)(C(=O)O)C2)cs1. The first-order valence-corrected chi connectivity index (χ1v) is 10.5. The van der Waals surface area contributed by atoms with E-state index < -0.39 is 17.5 Å². The van der Waals surface area contributed by atoms with Gasteiger partial charge in [0, 0.05) is 25.0 Å². The predicted octanol–water partition coefficient (Wildman–Crippen LogP) is 3.37. The summed E-state index contributed by atoms with van der Waals surface area (Å²) in [5.74, 6) is -0.889. The molecule has 0 unspecified atom stereocenters. The summed E-state index contributed by atoms with van der Waals surface area (Å²) in [4.78, 5) is 18.9. The van der Waals surface area contributed by atoms with E-state index in [4.69, 9.17) is 0 Å². The zero-order chi connectivity index (χ0) is 19.3. The number of aliphatic hydroxyl groups excluding tert-OH is 1. The molecule has 2 N–H and O–H groups in total. The molecule has 1 aromatic carbocycles. The van der Waals surface area contributed by atoms with Gasteiger partial charge >= 0.3 is 5.97 Å². The molecule has 0 spiro atoms. The summed E-state index contributed by atoms with van der Waals surface area (Å²) in [6, 6.07) is 10.1. The first-order valence-electron chi connectivity index (χ1n) is 9.64. The number of aromatic nitrogens is 1. The molecule has 2 atom stereocenters. The number of benzene rings is 1. The monoisotopic (exact) mass is 388 g/mol. The van der Waals surface area contributed by atoms with E-state index in [9.17, 15) is 15.0 Å². The minimum absolute atomic E-state index is 0.372. The quantitative estimate of drug-likeness (QED) is 0.725. The minimum atomic E-state index is -1.10. The van der Waals surface area contributed by atoms with Crippen LogP contribution in [0, 0.1) is 5.41 Å². The maximum atomic E-state index is 12.2. The van der Waals surface area contributed by atoms with E-state index in [1.807, 2.05) is 18.2 Å². The molecule has 1 fully saturated rings. The highest BCUT2D eigenvalue weighted by Gasteiger charge is 2.48. The van der Waals surface area contributed by atoms with Gasteiger partial charge in [-0.2, -0.15) is 0 Å². The summed E-state index contributed by atoms with van der Waals surface area (Å²) in [7, 11) is 0. The molecule has 1 aliphatic rings. The van der Waals surface area contributed by atoms with Gasteiger partial charge in [-0.25, -0.2) is 4.98 Å². The highest BCUT2D eigenvalue weighted by Crippen LogP contribution is 2.36. The number of aliphatic hydroxyl groups is 1. The van der Waals surface area contributed by atoms with Crippen LogP contribution in [0.5, 0.6) is 0 Å². The van der Waals surface area contributed by atoms with Crippen LogP contribution in [0.1, 0.15) is 42.5 Å². The van der Waals surface area contributed by atoms with E-state index in [1.165, 1.54) is 5.56 Å². The van der Waals surface area contributed by atoms with E-state index in [0.29, 0.717) is 32.5 Å². The van der Waals surface area contributed by atoms with Crippen LogP contribution in [0.3, 0.4) is 0 Å².